The molecule has 0 aliphatic heterocycles. The van der Waals surface area contributed by atoms with E-state index in [2.05, 4.69) is 5.32 Å². The van der Waals surface area contributed by atoms with Crippen LogP contribution in [0.3, 0.4) is 0 Å². The molecule has 1 aromatic carbocycles. The van der Waals surface area contributed by atoms with Gasteiger partial charge in [-0.05, 0) is 0 Å². The number of anilines is 1. The first-order chi connectivity index (χ1) is 9.38. The second-order valence-electron chi connectivity index (χ2n) is 3.83. The largest absolute Gasteiger partial charge is 0.506 e. The molecule has 0 radical (unpaired) electrons. The number of aliphatic hydroxyl groups excluding tert-OH is 1. The van der Waals surface area contributed by atoms with Crippen molar-refractivity contribution in [2.75, 3.05) is 19.5 Å². The first-order valence-corrected chi connectivity index (χ1v) is 5.54. The van der Waals surface area contributed by atoms with E-state index in [0.29, 0.717) is 0 Å². The number of hydrogen-bond acceptors (Lipinski definition) is 6. The van der Waals surface area contributed by atoms with Crippen molar-refractivity contribution >= 4 is 17.6 Å². The molecular weight excluding hydrogens is 270 g/mol. The molecule has 1 amide bonds. The fourth-order valence-corrected chi connectivity index (χ4v) is 1.44. The fourth-order valence-electron chi connectivity index (χ4n) is 1.44. The van der Waals surface area contributed by atoms with Crippen molar-refractivity contribution in [3.63, 3.8) is 0 Å². The number of ether oxygens (including phenoxy) is 2. The Balaban J connectivity index is 2.92. The summed E-state index contributed by atoms with van der Waals surface area (Å²) in [5, 5.41) is 29.7. The Bertz CT molecular complexity index is 515. The summed E-state index contributed by atoms with van der Waals surface area (Å²) in [6, 6.07) is 2.51. The molecule has 0 spiro atoms. The van der Waals surface area contributed by atoms with Crippen LogP contribution >= 0.6 is 0 Å². The summed E-state index contributed by atoms with van der Waals surface area (Å²) in [6.45, 7) is 0. The molecule has 0 bridgehead atoms. The summed E-state index contributed by atoms with van der Waals surface area (Å²) in [5.74, 6) is -2.06. The minimum Gasteiger partial charge on any atom is -0.506 e. The van der Waals surface area contributed by atoms with E-state index in [-0.39, 0.29) is 22.9 Å². The second-order valence-corrected chi connectivity index (χ2v) is 3.83. The Hall–Kier alpha value is -2.48. The lowest BCUT2D eigenvalue weighted by Crippen LogP contribution is -2.29. The zero-order valence-electron chi connectivity index (χ0n) is 10.9. The summed E-state index contributed by atoms with van der Waals surface area (Å²) in [4.78, 5) is 21.9. The summed E-state index contributed by atoms with van der Waals surface area (Å²) in [7, 11) is 2.76. The maximum absolute atomic E-state index is 11.5. The third kappa shape index (κ3) is 3.75. The van der Waals surface area contributed by atoms with Crippen molar-refractivity contribution < 1.29 is 34.4 Å². The Morgan fingerprint density at radius 1 is 1.25 bits per heavy atom. The third-order valence-corrected chi connectivity index (χ3v) is 2.43. The van der Waals surface area contributed by atoms with E-state index in [0.717, 1.165) is 0 Å². The summed E-state index contributed by atoms with van der Waals surface area (Å²) < 4.78 is 9.95. The molecule has 1 rings (SSSR count). The van der Waals surface area contributed by atoms with E-state index in [4.69, 9.17) is 14.6 Å². The van der Waals surface area contributed by atoms with E-state index in [1.165, 1.54) is 26.4 Å². The Morgan fingerprint density at radius 3 is 2.30 bits per heavy atom. The molecule has 0 saturated heterocycles. The van der Waals surface area contributed by atoms with Gasteiger partial charge in [-0.3, -0.25) is 9.59 Å². The Morgan fingerprint density at radius 2 is 1.80 bits per heavy atom. The zero-order valence-corrected chi connectivity index (χ0v) is 10.9. The monoisotopic (exact) mass is 285 g/mol. The van der Waals surface area contributed by atoms with Crippen LogP contribution in [0.4, 0.5) is 5.69 Å². The first-order valence-electron chi connectivity index (χ1n) is 5.54. The molecule has 0 aliphatic carbocycles. The lowest BCUT2D eigenvalue weighted by atomic mass is 10.2. The molecular formula is C12H15NO7. The number of aliphatic hydroxyl groups is 1. The van der Waals surface area contributed by atoms with Gasteiger partial charge in [0.25, 0.3) is 5.91 Å². The topological polar surface area (TPSA) is 125 Å². The molecule has 1 aromatic rings. The van der Waals surface area contributed by atoms with Crippen molar-refractivity contribution in [2.45, 2.75) is 12.5 Å². The standard InChI is InChI=1S/C12H15NO7/c1-19-9-3-6(7(14)4-10(9)20-2)13-12(18)8(15)5-11(16)17/h3-4,8,14-15H,5H2,1-2H3,(H,13,18)(H,16,17). The molecule has 1 atom stereocenters. The van der Waals surface area contributed by atoms with Gasteiger partial charge in [-0.2, -0.15) is 0 Å². The molecule has 8 heteroatoms. The van der Waals surface area contributed by atoms with Gasteiger partial charge in [-0.1, -0.05) is 0 Å². The molecule has 20 heavy (non-hydrogen) atoms. The molecule has 1 unspecified atom stereocenters. The molecule has 0 aromatic heterocycles. The highest BCUT2D eigenvalue weighted by molar-refractivity contribution is 5.97. The fraction of sp³-hybridized carbons (Fsp3) is 0.333. The van der Waals surface area contributed by atoms with Crippen LogP contribution in [-0.4, -0.2) is 47.5 Å². The minimum atomic E-state index is -1.72. The molecule has 0 saturated carbocycles. The number of phenols is 1. The summed E-state index contributed by atoms with van der Waals surface area (Å²) in [5.41, 5.74) is -0.0305. The van der Waals surface area contributed by atoms with Gasteiger partial charge in [0.2, 0.25) is 0 Å². The number of carbonyl (C=O) groups excluding carboxylic acids is 1. The number of carboxylic acid groups (broad SMARTS) is 1. The number of aromatic hydroxyl groups is 1. The molecule has 0 aliphatic rings. The van der Waals surface area contributed by atoms with Crippen LogP contribution < -0.4 is 14.8 Å². The van der Waals surface area contributed by atoms with Crippen molar-refractivity contribution in [1.82, 2.24) is 0 Å². The van der Waals surface area contributed by atoms with E-state index in [1.807, 2.05) is 0 Å². The number of rotatable bonds is 6. The van der Waals surface area contributed by atoms with Gasteiger partial charge in [0.1, 0.15) is 11.9 Å². The SMILES string of the molecule is COc1cc(O)c(NC(=O)C(O)CC(=O)O)cc1OC. The predicted octanol–water partition coefficient (Wildman–Crippen LogP) is 0.183. The number of methoxy groups -OCH3 is 2. The van der Waals surface area contributed by atoms with E-state index in [9.17, 15) is 19.8 Å². The van der Waals surface area contributed by atoms with E-state index >= 15 is 0 Å². The van der Waals surface area contributed by atoms with Crippen LogP contribution in [0.1, 0.15) is 6.42 Å². The first kappa shape index (κ1) is 15.6. The Labute approximate surface area is 114 Å². The molecule has 110 valence electrons. The second kappa shape index (κ2) is 6.62. The molecule has 4 N–H and O–H groups in total. The predicted molar refractivity (Wildman–Crippen MR) is 68.1 cm³/mol. The minimum absolute atomic E-state index is 0.0305. The summed E-state index contributed by atoms with van der Waals surface area (Å²) in [6.07, 6.45) is -2.46. The quantitative estimate of drug-likeness (QED) is 0.549. The highest BCUT2D eigenvalue weighted by atomic mass is 16.5. The van der Waals surface area contributed by atoms with Crippen LogP contribution in [0.25, 0.3) is 0 Å². The molecule has 8 nitrogen and oxygen atoms in total. The van der Waals surface area contributed by atoms with Crippen LogP contribution in [0.5, 0.6) is 17.2 Å². The number of phenolic OH excluding ortho intramolecular Hbond substituents is 1. The molecule has 0 heterocycles. The lowest BCUT2D eigenvalue weighted by Gasteiger charge is -2.14. The van der Waals surface area contributed by atoms with Crippen molar-refractivity contribution in [2.24, 2.45) is 0 Å². The third-order valence-electron chi connectivity index (χ3n) is 2.43. The molecule has 0 fully saturated rings. The normalized spacial score (nSPS) is 11.6. The number of nitrogens with one attached hydrogen (secondary N) is 1. The van der Waals surface area contributed by atoms with Crippen molar-refractivity contribution in [1.29, 1.82) is 0 Å². The van der Waals surface area contributed by atoms with Gasteiger partial charge < -0.3 is 30.1 Å². The highest BCUT2D eigenvalue weighted by Crippen LogP contribution is 2.37. The maximum Gasteiger partial charge on any atom is 0.306 e. The van der Waals surface area contributed by atoms with Crippen LogP contribution in [0.2, 0.25) is 0 Å². The number of benzene rings is 1. The highest BCUT2D eigenvalue weighted by Gasteiger charge is 2.20. The number of amides is 1. The lowest BCUT2D eigenvalue weighted by molar-refractivity contribution is -0.142. The van der Waals surface area contributed by atoms with Crippen LogP contribution in [-0.2, 0) is 9.59 Å². The van der Waals surface area contributed by atoms with Crippen LogP contribution in [0.15, 0.2) is 12.1 Å². The summed E-state index contributed by atoms with van der Waals surface area (Å²) >= 11 is 0. The van der Waals surface area contributed by atoms with Crippen LogP contribution in [0, 0.1) is 0 Å². The zero-order chi connectivity index (χ0) is 15.3. The van der Waals surface area contributed by atoms with Crippen molar-refractivity contribution in [3.05, 3.63) is 12.1 Å². The number of carbonyl (C=O) groups is 2. The maximum atomic E-state index is 11.5. The van der Waals surface area contributed by atoms with Gasteiger partial charge in [0.05, 0.1) is 26.3 Å². The van der Waals surface area contributed by atoms with Gasteiger partial charge >= 0.3 is 5.97 Å². The van der Waals surface area contributed by atoms with Gasteiger partial charge in [-0.25, -0.2) is 0 Å². The van der Waals surface area contributed by atoms with Gasteiger partial charge in [0, 0.05) is 12.1 Å². The van der Waals surface area contributed by atoms with E-state index in [1.54, 1.807) is 0 Å². The number of hydrogen-bond donors (Lipinski definition) is 4. The number of carboxylic acids is 1. The van der Waals surface area contributed by atoms with Gasteiger partial charge in [-0.15, -0.1) is 0 Å². The van der Waals surface area contributed by atoms with Crippen molar-refractivity contribution in [3.8, 4) is 17.2 Å². The van der Waals surface area contributed by atoms with E-state index < -0.39 is 24.4 Å². The smallest absolute Gasteiger partial charge is 0.306 e. The number of aliphatic carboxylic acids is 1. The Kier molecular flexibility index (Phi) is 5.15. The average Bonchev–Trinajstić information content (AvgIpc) is 2.39. The van der Waals surface area contributed by atoms with Gasteiger partial charge in [0.15, 0.2) is 11.5 Å². The average molecular weight is 285 g/mol.